The van der Waals surface area contributed by atoms with Crippen molar-refractivity contribution in [3.05, 3.63) is 75.8 Å². The number of carbonyl (C=O) groups excluding carboxylic acids is 1. The molecule has 0 aliphatic carbocycles. The van der Waals surface area contributed by atoms with Crippen LogP contribution in [0.2, 0.25) is 0 Å². The maximum absolute atomic E-state index is 12.3. The van der Waals surface area contributed by atoms with Crippen LogP contribution in [0.15, 0.2) is 54.6 Å². The lowest BCUT2D eigenvalue weighted by Crippen LogP contribution is -2.09. The molecule has 0 amide bonds. The normalized spacial score (nSPS) is 11.8. The Bertz CT molecular complexity index is 608. The van der Waals surface area contributed by atoms with Crippen LogP contribution in [0.4, 0.5) is 5.69 Å². The maximum Gasteiger partial charge on any atom is 0.269 e. The van der Waals surface area contributed by atoms with Crippen LogP contribution in [0.25, 0.3) is 0 Å². The SMILES string of the molecule is CC(C(=O)c1ccccc1)c1cccc([N+](=O)[O-])c1. The zero-order chi connectivity index (χ0) is 13.8. The predicted octanol–water partition coefficient (Wildman–Crippen LogP) is 3.58. The van der Waals surface area contributed by atoms with Gasteiger partial charge in [0.2, 0.25) is 0 Å². The van der Waals surface area contributed by atoms with Crippen LogP contribution in [0.3, 0.4) is 0 Å². The molecule has 1 unspecified atom stereocenters. The Morgan fingerprint density at radius 2 is 1.79 bits per heavy atom. The Hall–Kier alpha value is -2.49. The molecule has 0 spiro atoms. The summed E-state index contributed by atoms with van der Waals surface area (Å²) in [7, 11) is 0. The van der Waals surface area contributed by atoms with Crippen molar-refractivity contribution < 1.29 is 9.72 Å². The van der Waals surface area contributed by atoms with Crippen molar-refractivity contribution in [2.75, 3.05) is 0 Å². The van der Waals surface area contributed by atoms with E-state index in [9.17, 15) is 14.9 Å². The summed E-state index contributed by atoms with van der Waals surface area (Å²) < 4.78 is 0. The highest BCUT2D eigenvalue weighted by atomic mass is 16.6. The number of ketones is 1. The number of nitro benzene ring substituents is 1. The number of benzene rings is 2. The van der Waals surface area contributed by atoms with E-state index < -0.39 is 10.8 Å². The van der Waals surface area contributed by atoms with Crippen LogP contribution in [-0.2, 0) is 0 Å². The minimum absolute atomic E-state index is 0.00483. The lowest BCUT2D eigenvalue weighted by atomic mass is 9.92. The van der Waals surface area contributed by atoms with Gasteiger partial charge in [-0.1, -0.05) is 49.4 Å². The van der Waals surface area contributed by atoms with Crippen LogP contribution in [0, 0.1) is 10.1 Å². The average molecular weight is 255 g/mol. The first-order valence-corrected chi connectivity index (χ1v) is 5.93. The standard InChI is InChI=1S/C15H13NO3/c1-11(15(17)12-6-3-2-4-7-12)13-8-5-9-14(10-13)16(18)19/h2-11H,1H3. The van der Waals surface area contributed by atoms with Gasteiger partial charge < -0.3 is 0 Å². The van der Waals surface area contributed by atoms with Gasteiger partial charge in [-0.2, -0.15) is 0 Å². The molecule has 96 valence electrons. The van der Waals surface area contributed by atoms with E-state index in [1.54, 1.807) is 43.3 Å². The second kappa shape index (κ2) is 5.44. The molecule has 2 rings (SSSR count). The van der Waals surface area contributed by atoms with Crippen molar-refractivity contribution in [2.24, 2.45) is 0 Å². The molecule has 0 aromatic heterocycles. The molecule has 2 aromatic rings. The van der Waals surface area contributed by atoms with Crippen LogP contribution in [0.5, 0.6) is 0 Å². The summed E-state index contributed by atoms with van der Waals surface area (Å²) >= 11 is 0. The number of non-ortho nitro benzene ring substituents is 1. The number of Topliss-reactive ketones (excluding diaryl/α,β-unsaturated/α-hetero) is 1. The predicted molar refractivity (Wildman–Crippen MR) is 72.3 cm³/mol. The van der Waals surface area contributed by atoms with E-state index in [4.69, 9.17) is 0 Å². The third-order valence-corrected chi connectivity index (χ3v) is 3.03. The van der Waals surface area contributed by atoms with Gasteiger partial charge in [-0.25, -0.2) is 0 Å². The van der Waals surface area contributed by atoms with Gasteiger partial charge in [0.05, 0.1) is 4.92 Å². The molecule has 2 aromatic carbocycles. The lowest BCUT2D eigenvalue weighted by Gasteiger charge is -2.10. The van der Waals surface area contributed by atoms with E-state index in [1.165, 1.54) is 12.1 Å². The second-order valence-corrected chi connectivity index (χ2v) is 4.30. The maximum atomic E-state index is 12.3. The number of nitro groups is 1. The van der Waals surface area contributed by atoms with E-state index in [1.807, 2.05) is 6.07 Å². The first kappa shape index (κ1) is 13.0. The number of nitrogens with zero attached hydrogens (tertiary/aromatic N) is 1. The molecule has 4 nitrogen and oxygen atoms in total. The molecule has 0 heterocycles. The third kappa shape index (κ3) is 2.85. The number of rotatable bonds is 4. The summed E-state index contributed by atoms with van der Waals surface area (Å²) in [4.78, 5) is 22.5. The number of carbonyl (C=O) groups is 1. The quantitative estimate of drug-likeness (QED) is 0.476. The molecule has 0 N–H and O–H groups in total. The summed E-state index contributed by atoms with van der Waals surface area (Å²) in [6.07, 6.45) is 0. The Kier molecular flexibility index (Phi) is 3.71. The van der Waals surface area contributed by atoms with Crippen LogP contribution < -0.4 is 0 Å². The largest absolute Gasteiger partial charge is 0.294 e. The van der Waals surface area contributed by atoms with Gasteiger partial charge in [-0.3, -0.25) is 14.9 Å². The molecular weight excluding hydrogens is 242 g/mol. The Balaban J connectivity index is 2.29. The van der Waals surface area contributed by atoms with Crippen molar-refractivity contribution in [3.8, 4) is 0 Å². The summed E-state index contributed by atoms with van der Waals surface area (Å²) in [6.45, 7) is 1.76. The highest BCUT2D eigenvalue weighted by Gasteiger charge is 2.18. The number of hydrogen-bond acceptors (Lipinski definition) is 3. The Morgan fingerprint density at radius 1 is 1.11 bits per heavy atom. The fourth-order valence-corrected chi connectivity index (χ4v) is 1.91. The van der Waals surface area contributed by atoms with Gasteiger partial charge in [-0.15, -0.1) is 0 Å². The van der Waals surface area contributed by atoms with Gasteiger partial charge in [0.1, 0.15) is 0 Å². The molecule has 0 aliphatic heterocycles. The summed E-state index contributed by atoms with van der Waals surface area (Å²) in [6, 6.07) is 15.1. The molecule has 1 atom stereocenters. The first-order chi connectivity index (χ1) is 9.09. The molecule has 0 aliphatic rings. The zero-order valence-electron chi connectivity index (χ0n) is 10.4. The van der Waals surface area contributed by atoms with Gasteiger partial charge in [0, 0.05) is 23.6 Å². The minimum atomic E-state index is -0.455. The van der Waals surface area contributed by atoms with Gasteiger partial charge in [0.25, 0.3) is 5.69 Å². The lowest BCUT2D eigenvalue weighted by molar-refractivity contribution is -0.384. The summed E-state index contributed by atoms with van der Waals surface area (Å²) in [5.41, 5.74) is 1.27. The molecule has 0 radical (unpaired) electrons. The van der Waals surface area contributed by atoms with Crippen molar-refractivity contribution in [3.63, 3.8) is 0 Å². The van der Waals surface area contributed by atoms with E-state index in [-0.39, 0.29) is 11.5 Å². The van der Waals surface area contributed by atoms with Crippen molar-refractivity contribution in [1.82, 2.24) is 0 Å². The van der Waals surface area contributed by atoms with Crippen molar-refractivity contribution >= 4 is 11.5 Å². The molecule has 0 saturated carbocycles. The van der Waals surface area contributed by atoms with Crippen LogP contribution in [0.1, 0.15) is 28.8 Å². The number of hydrogen-bond donors (Lipinski definition) is 0. The van der Waals surface area contributed by atoms with E-state index in [0.717, 1.165) is 0 Å². The van der Waals surface area contributed by atoms with Gasteiger partial charge in [-0.05, 0) is 5.56 Å². The Morgan fingerprint density at radius 3 is 2.42 bits per heavy atom. The molecular formula is C15H13NO3. The molecule has 4 heteroatoms. The highest BCUT2D eigenvalue weighted by Crippen LogP contribution is 2.23. The molecule has 19 heavy (non-hydrogen) atoms. The van der Waals surface area contributed by atoms with Crippen molar-refractivity contribution in [1.29, 1.82) is 0 Å². The van der Waals surface area contributed by atoms with Gasteiger partial charge in [0.15, 0.2) is 5.78 Å². The van der Waals surface area contributed by atoms with E-state index >= 15 is 0 Å². The fraction of sp³-hybridized carbons (Fsp3) is 0.133. The second-order valence-electron chi connectivity index (χ2n) is 4.30. The van der Waals surface area contributed by atoms with Crippen LogP contribution >= 0.6 is 0 Å². The minimum Gasteiger partial charge on any atom is -0.294 e. The zero-order valence-corrected chi connectivity index (χ0v) is 10.4. The summed E-state index contributed by atoms with van der Waals surface area (Å²) in [5.74, 6) is -0.441. The van der Waals surface area contributed by atoms with Crippen LogP contribution in [-0.4, -0.2) is 10.7 Å². The van der Waals surface area contributed by atoms with Gasteiger partial charge >= 0.3 is 0 Å². The molecule has 0 bridgehead atoms. The fourth-order valence-electron chi connectivity index (χ4n) is 1.91. The average Bonchev–Trinajstić information content (AvgIpc) is 2.46. The summed E-state index contributed by atoms with van der Waals surface area (Å²) in [5, 5.41) is 10.7. The smallest absolute Gasteiger partial charge is 0.269 e. The first-order valence-electron chi connectivity index (χ1n) is 5.93. The topological polar surface area (TPSA) is 60.2 Å². The molecule has 0 fully saturated rings. The Labute approximate surface area is 110 Å². The van der Waals surface area contributed by atoms with Crippen molar-refractivity contribution in [2.45, 2.75) is 12.8 Å². The monoisotopic (exact) mass is 255 g/mol. The van der Waals surface area contributed by atoms with E-state index in [0.29, 0.717) is 11.1 Å². The highest BCUT2D eigenvalue weighted by molar-refractivity contribution is 6.00. The third-order valence-electron chi connectivity index (χ3n) is 3.03. The molecule has 0 saturated heterocycles. The van der Waals surface area contributed by atoms with E-state index in [2.05, 4.69) is 0 Å².